The first-order valence-corrected chi connectivity index (χ1v) is 11.2. The molecule has 0 aliphatic heterocycles. The van der Waals surface area contributed by atoms with Crippen molar-refractivity contribution in [3.63, 3.8) is 0 Å². The zero-order valence-corrected chi connectivity index (χ0v) is 18.0. The number of hydrogen-bond donors (Lipinski definition) is 1. The van der Waals surface area contributed by atoms with Crippen LogP contribution in [0.5, 0.6) is 0 Å². The second kappa shape index (κ2) is 7.40. The number of aryl methyl sites for hydroxylation is 1. The molecule has 0 saturated heterocycles. The van der Waals surface area contributed by atoms with Crippen LogP contribution in [0.2, 0.25) is 0 Å². The third-order valence-electron chi connectivity index (χ3n) is 5.50. The summed E-state index contributed by atoms with van der Waals surface area (Å²) < 4.78 is 1.19. The van der Waals surface area contributed by atoms with Gasteiger partial charge in [-0.15, -0.1) is 27.8 Å². The van der Waals surface area contributed by atoms with Gasteiger partial charge in [-0.05, 0) is 47.6 Å². The van der Waals surface area contributed by atoms with E-state index in [0.29, 0.717) is 22.7 Å². The van der Waals surface area contributed by atoms with E-state index in [0.717, 1.165) is 29.7 Å². The van der Waals surface area contributed by atoms with Crippen LogP contribution in [0.15, 0.2) is 22.3 Å². The topological polar surface area (TPSA) is 76.9 Å². The molecule has 1 unspecified atom stereocenters. The van der Waals surface area contributed by atoms with Gasteiger partial charge < -0.3 is 5.32 Å². The molecule has 0 spiro atoms. The number of nitrogens with one attached hydrogen (secondary N) is 1. The highest BCUT2D eigenvalue weighted by molar-refractivity contribution is 7.18. The molecule has 148 valence electrons. The number of amides is 1. The fraction of sp³-hybridized carbons (Fsp3) is 0.500. The number of rotatable bonds is 4. The van der Waals surface area contributed by atoms with E-state index in [1.54, 1.807) is 22.7 Å². The van der Waals surface area contributed by atoms with E-state index in [1.807, 2.05) is 17.5 Å². The van der Waals surface area contributed by atoms with Gasteiger partial charge in [-0.2, -0.15) is 0 Å². The van der Waals surface area contributed by atoms with Crippen LogP contribution in [0.4, 0.5) is 0 Å². The predicted molar refractivity (Wildman–Crippen MR) is 113 cm³/mol. The van der Waals surface area contributed by atoms with Crippen molar-refractivity contribution in [2.24, 2.45) is 11.3 Å². The number of carbonyl (C=O) groups is 1. The monoisotopic (exact) mass is 416 g/mol. The van der Waals surface area contributed by atoms with Gasteiger partial charge in [-0.3, -0.25) is 9.59 Å². The van der Waals surface area contributed by atoms with E-state index >= 15 is 0 Å². The number of fused-ring (bicyclic) bond motifs is 3. The summed E-state index contributed by atoms with van der Waals surface area (Å²) in [5, 5.41) is 13.7. The van der Waals surface area contributed by atoms with E-state index in [4.69, 9.17) is 0 Å². The number of carbonyl (C=O) groups excluding carboxylic acids is 1. The van der Waals surface area contributed by atoms with Gasteiger partial charge in [0.2, 0.25) is 5.91 Å². The second-order valence-electron chi connectivity index (χ2n) is 8.40. The maximum absolute atomic E-state index is 13.0. The molecule has 0 aromatic carbocycles. The van der Waals surface area contributed by atoms with E-state index < -0.39 is 0 Å². The summed E-state index contributed by atoms with van der Waals surface area (Å²) in [6, 6.07) is 3.91. The summed E-state index contributed by atoms with van der Waals surface area (Å²) in [6.07, 6.45) is 2.95. The van der Waals surface area contributed by atoms with Gasteiger partial charge in [-0.25, -0.2) is 4.68 Å². The molecule has 6 nitrogen and oxygen atoms in total. The maximum atomic E-state index is 13.0. The normalized spacial score (nSPS) is 16.9. The van der Waals surface area contributed by atoms with Crippen LogP contribution in [0.3, 0.4) is 0 Å². The fourth-order valence-electron chi connectivity index (χ4n) is 3.76. The van der Waals surface area contributed by atoms with Crippen LogP contribution < -0.4 is 10.9 Å². The molecule has 1 aliphatic carbocycles. The molecule has 1 aliphatic rings. The third kappa shape index (κ3) is 3.75. The standard InChI is InChI=1S/C20H24N4O2S2/c1-20(2,3)12-6-7-14-15(9-12)28-18-17(14)19(26)24(23-22-18)11-16(25)21-10-13-5-4-8-27-13/h4-5,8,12H,6-7,9-11H2,1-3H3,(H,21,25). The molecule has 3 aromatic rings. The smallest absolute Gasteiger partial charge is 0.279 e. The number of hydrogen-bond acceptors (Lipinski definition) is 6. The molecule has 8 heteroatoms. The summed E-state index contributed by atoms with van der Waals surface area (Å²) in [6.45, 7) is 7.18. The quantitative estimate of drug-likeness (QED) is 0.707. The lowest BCUT2D eigenvalue weighted by Crippen LogP contribution is -2.34. The molecule has 1 atom stereocenters. The minimum atomic E-state index is -0.235. The molecule has 0 bridgehead atoms. The molecular weight excluding hydrogens is 392 g/mol. The van der Waals surface area contributed by atoms with Crippen molar-refractivity contribution in [1.29, 1.82) is 0 Å². The Kier molecular flexibility index (Phi) is 5.09. The van der Waals surface area contributed by atoms with E-state index in [1.165, 1.54) is 9.56 Å². The molecule has 0 saturated carbocycles. The van der Waals surface area contributed by atoms with Gasteiger partial charge in [-0.1, -0.05) is 32.1 Å². The zero-order chi connectivity index (χ0) is 19.9. The highest BCUT2D eigenvalue weighted by Crippen LogP contribution is 2.41. The Labute approximate surface area is 171 Å². The first-order chi connectivity index (χ1) is 13.3. The Balaban J connectivity index is 1.56. The third-order valence-corrected chi connectivity index (χ3v) is 7.51. The van der Waals surface area contributed by atoms with Crippen LogP contribution in [0.25, 0.3) is 10.2 Å². The van der Waals surface area contributed by atoms with Crippen molar-refractivity contribution in [3.8, 4) is 0 Å². The van der Waals surface area contributed by atoms with Crippen molar-refractivity contribution in [2.45, 2.75) is 53.1 Å². The first-order valence-electron chi connectivity index (χ1n) is 9.50. The molecule has 1 N–H and O–H groups in total. The lowest BCUT2D eigenvalue weighted by molar-refractivity contribution is -0.122. The summed E-state index contributed by atoms with van der Waals surface area (Å²) in [5.74, 6) is 0.368. The van der Waals surface area contributed by atoms with Crippen LogP contribution in [0.1, 0.15) is 42.5 Å². The molecule has 28 heavy (non-hydrogen) atoms. The van der Waals surface area contributed by atoms with Crippen LogP contribution in [0, 0.1) is 11.3 Å². The maximum Gasteiger partial charge on any atom is 0.279 e. The zero-order valence-electron chi connectivity index (χ0n) is 16.3. The summed E-state index contributed by atoms with van der Waals surface area (Å²) in [5.41, 5.74) is 1.16. The van der Waals surface area contributed by atoms with Gasteiger partial charge in [0.15, 0.2) is 4.83 Å². The van der Waals surface area contributed by atoms with Crippen molar-refractivity contribution in [1.82, 2.24) is 20.3 Å². The van der Waals surface area contributed by atoms with E-state index in [2.05, 4.69) is 36.4 Å². The van der Waals surface area contributed by atoms with Gasteiger partial charge in [0.05, 0.1) is 11.9 Å². The average Bonchev–Trinajstić information content (AvgIpc) is 3.28. The van der Waals surface area contributed by atoms with Crippen molar-refractivity contribution < 1.29 is 4.79 Å². The van der Waals surface area contributed by atoms with Crippen molar-refractivity contribution in [2.75, 3.05) is 0 Å². The molecule has 1 amide bonds. The summed E-state index contributed by atoms with van der Waals surface area (Å²) in [7, 11) is 0. The minimum absolute atomic E-state index is 0.109. The van der Waals surface area contributed by atoms with E-state index in [-0.39, 0.29) is 23.4 Å². The van der Waals surface area contributed by atoms with Gasteiger partial charge in [0, 0.05) is 9.75 Å². The van der Waals surface area contributed by atoms with Gasteiger partial charge in [0.25, 0.3) is 5.56 Å². The largest absolute Gasteiger partial charge is 0.350 e. The highest BCUT2D eigenvalue weighted by Gasteiger charge is 2.32. The summed E-state index contributed by atoms with van der Waals surface area (Å²) in [4.78, 5) is 28.3. The Morgan fingerprint density at radius 1 is 1.39 bits per heavy atom. The molecular formula is C20H24N4O2S2. The molecule has 0 fully saturated rings. The average molecular weight is 417 g/mol. The Morgan fingerprint density at radius 3 is 2.93 bits per heavy atom. The van der Waals surface area contributed by atoms with Gasteiger partial charge >= 0.3 is 0 Å². The summed E-state index contributed by atoms with van der Waals surface area (Å²) >= 11 is 3.17. The minimum Gasteiger partial charge on any atom is -0.350 e. The van der Waals surface area contributed by atoms with Crippen LogP contribution in [-0.2, 0) is 30.7 Å². The van der Waals surface area contributed by atoms with Crippen LogP contribution in [-0.4, -0.2) is 20.9 Å². The Morgan fingerprint density at radius 2 is 2.21 bits per heavy atom. The molecule has 4 rings (SSSR count). The second-order valence-corrected chi connectivity index (χ2v) is 10.5. The SMILES string of the molecule is CC(C)(C)C1CCc2c(sc3nnn(CC(=O)NCc4cccs4)c(=O)c23)C1. The number of thiophene rings is 2. The van der Waals surface area contributed by atoms with Crippen LogP contribution >= 0.6 is 22.7 Å². The Hall–Kier alpha value is -2.06. The van der Waals surface area contributed by atoms with E-state index in [9.17, 15) is 9.59 Å². The number of nitrogens with zero attached hydrogens (tertiary/aromatic N) is 3. The van der Waals surface area contributed by atoms with Crippen molar-refractivity contribution in [3.05, 3.63) is 43.2 Å². The molecule has 3 heterocycles. The van der Waals surface area contributed by atoms with Gasteiger partial charge in [0.1, 0.15) is 6.54 Å². The first kappa shape index (κ1) is 19.3. The highest BCUT2D eigenvalue weighted by atomic mass is 32.1. The lowest BCUT2D eigenvalue weighted by atomic mass is 9.72. The Bertz CT molecular complexity index is 1060. The molecule has 3 aromatic heterocycles. The lowest BCUT2D eigenvalue weighted by Gasteiger charge is -2.33. The predicted octanol–water partition coefficient (Wildman–Crippen LogP) is 3.38. The van der Waals surface area contributed by atoms with Crippen molar-refractivity contribution >= 4 is 38.8 Å². The molecule has 0 radical (unpaired) electrons. The number of aromatic nitrogens is 3. The fourth-order valence-corrected chi connectivity index (χ4v) is 5.64.